The van der Waals surface area contributed by atoms with Crippen LogP contribution in [0.25, 0.3) is 0 Å². The van der Waals surface area contributed by atoms with Gasteiger partial charge in [-0.25, -0.2) is 13.1 Å². The molecule has 1 aromatic rings. The molecule has 3 N–H and O–H groups in total. The highest BCUT2D eigenvalue weighted by Crippen LogP contribution is 2.27. The first-order valence-corrected chi connectivity index (χ1v) is 6.80. The molecule has 0 saturated heterocycles. The van der Waals surface area contributed by atoms with Gasteiger partial charge < -0.3 is 5.73 Å². The number of nitro benzene ring substituents is 1. The highest BCUT2D eigenvalue weighted by atomic mass is 35.5. The van der Waals surface area contributed by atoms with E-state index in [0.29, 0.717) is 0 Å². The lowest BCUT2D eigenvalue weighted by Gasteiger charge is -2.12. The van der Waals surface area contributed by atoms with Crippen LogP contribution in [0.15, 0.2) is 23.1 Å². The Morgan fingerprint density at radius 1 is 1.56 bits per heavy atom. The van der Waals surface area contributed by atoms with E-state index in [0.717, 1.165) is 12.1 Å². The number of benzene rings is 1. The van der Waals surface area contributed by atoms with E-state index in [-0.39, 0.29) is 11.6 Å². The van der Waals surface area contributed by atoms with Crippen molar-refractivity contribution in [2.45, 2.75) is 17.9 Å². The van der Waals surface area contributed by atoms with Crippen LogP contribution in [0, 0.1) is 10.1 Å². The standard InChI is InChI=1S/C9H12ClN3O4S/c1-6(5-11)12-18(16,17)9-3-2-7(10)4-8(9)13(14)15/h2-4,6,12H,5,11H2,1H3. The van der Waals surface area contributed by atoms with E-state index in [2.05, 4.69) is 4.72 Å². The molecule has 1 aromatic carbocycles. The van der Waals surface area contributed by atoms with Crippen molar-refractivity contribution in [3.05, 3.63) is 33.3 Å². The number of hydrogen-bond donors (Lipinski definition) is 2. The topological polar surface area (TPSA) is 115 Å². The van der Waals surface area contributed by atoms with Crippen molar-refractivity contribution >= 4 is 27.3 Å². The normalized spacial score (nSPS) is 13.3. The van der Waals surface area contributed by atoms with Crippen molar-refractivity contribution in [3.8, 4) is 0 Å². The third-order valence-electron chi connectivity index (χ3n) is 2.12. The molecule has 7 nitrogen and oxygen atoms in total. The molecule has 1 rings (SSSR count). The summed E-state index contributed by atoms with van der Waals surface area (Å²) in [5, 5.41) is 10.9. The van der Waals surface area contributed by atoms with Gasteiger partial charge in [0.25, 0.3) is 5.69 Å². The van der Waals surface area contributed by atoms with E-state index < -0.39 is 31.6 Å². The third-order valence-corrected chi connectivity index (χ3v) is 3.99. The molecule has 0 spiro atoms. The summed E-state index contributed by atoms with van der Waals surface area (Å²) in [5.74, 6) is 0. The molecule has 0 aliphatic heterocycles. The van der Waals surface area contributed by atoms with E-state index in [1.807, 2.05) is 0 Å². The van der Waals surface area contributed by atoms with Crippen LogP contribution in [0.3, 0.4) is 0 Å². The molecule has 18 heavy (non-hydrogen) atoms. The summed E-state index contributed by atoms with van der Waals surface area (Å²) in [4.78, 5) is 9.57. The summed E-state index contributed by atoms with van der Waals surface area (Å²) in [7, 11) is -3.99. The van der Waals surface area contributed by atoms with E-state index >= 15 is 0 Å². The van der Waals surface area contributed by atoms with Gasteiger partial charge in [0, 0.05) is 23.7 Å². The second-order valence-corrected chi connectivity index (χ2v) is 5.75. The first kappa shape index (κ1) is 14.8. The van der Waals surface area contributed by atoms with E-state index in [1.165, 1.54) is 6.07 Å². The Morgan fingerprint density at radius 2 is 2.17 bits per heavy atom. The van der Waals surface area contributed by atoms with Crippen molar-refractivity contribution in [3.63, 3.8) is 0 Å². The molecule has 0 saturated carbocycles. The molecule has 0 aromatic heterocycles. The summed E-state index contributed by atoms with van der Waals surface area (Å²) in [6.07, 6.45) is 0. The maximum absolute atomic E-state index is 11.9. The van der Waals surface area contributed by atoms with Crippen molar-refractivity contribution < 1.29 is 13.3 Å². The molecule has 0 radical (unpaired) electrons. The first-order chi connectivity index (χ1) is 8.27. The Labute approximate surface area is 109 Å². The van der Waals surface area contributed by atoms with Gasteiger partial charge in [0.2, 0.25) is 10.0 Å². The summed E-state index contributed by atoms with van der Waals surface area (Å²) in [5.41, 5.74) is 4.73. The molecule has 0 aliphatic rings. The molecular formula is C9H12ClN3O4S. The van der Waals surface area contributed by atoms with E-state index in [1.54, 1.807) is 6.92 Å². The van der Waals surface area contributed by atoms with Gasteiger partial charge in [0.1, 0.15) is 0 Å². The molecule has 9 heteroatoms. The lowest BCUT2D eigenvalue weighted by molar-refractivity contribution is -0.387. The van der Waals surface area contributed by atoms with Gasteiger partial charge in [0.15, 0.2) is 4.90 Å². The number of nitrogens with two attached hydrogens (primary N) is 1. The molecular weight excluding hydrogens is 282 g/mol. The number of rotatable bonds is 5. The van der Waals surface area contributed by atoms with E-state index in [9.17, 15) is 18.5 Å². The van der Waals surface area contributed by atoms with Gasteiger partial charge in [0.05, 0.1) is 4.92 Å². The van der Waals surface area contributed by atoms with Gasteiger partial charge in [-0.3, -0.25) is 10.1 Å². The molecule has 0 aliphatic carbocycles. The van der Waals surface area contributed by atoms with Crippen molar-refractivity contribution in [1.29, 1.82) is 0 Å². The molecule has 0 heterocycles. The fourth-order valence-electron chi connectivity index (χ4n) is 1.24. The molecule has 0 amide bonds. The Kier molecular flexibility index (Phi) is 4.63. The second-order valence-electron chi connectivity index (χ2n) is 3.63. The Bertz CT molecular complexity index is 561. The summed E-state index contributed by atoms with van der Waals surface area (Å²) < 4.78 is 26.1. The monoisotopic (exact) mass is 293 g/mol. The Morgan fingerprint density at radius 3 is 2.67 bits per heavy atom. The Hall–Kier alpha value is -1.22. The van der Waals surface area contributed by atoms with Crippen LogP contribution in [0.5, 0.6) is 0 Å². The minimum absolute atomic E-state index is 0.0839. The lowest BCUT2D eigenvalue weighted by atomic mass is 10.3. The maximum Gasteiger partial charge on any atom is 0.290 e. The van der Waals surface area contributed by atoms with Gasteiger partial charge in [-0.1, -0.05) is 11.6 Å². The number of hydrogen-bond acceptors (Lipinski definition) is 5. The number of nitrogens with one attached hydrogen (secondary N) is 1. The van der Waals surface area contributed by atoms with Crippen LogP contribution >= 0.6 is 11.6 Å². The third kappa shape index (κ3) is 3.39. The van der Waals surface area contributed by atoms with Gasteiger partial charge >= 0.3 is 0 Å². The lowest BCUT2D eigenvalue weighted by Crippen LogP contribution is -2.37. The van der Waals surface area contributed by atoms with Gasteiger partial charge in [-0.05, 0) is 19.1 Å². The summed E-state index contributed by atoms with van der Waals surface area (Å²) in [6.45, 7) is 1.64. The minimum Gasteiger partial charge on any atom is -0.329 e. The van der Waals surface area contributed by atoms with Crippen LogP contribution < -0.4 is 10.5 Å². The number of nitrogens with zero attached hydrogens (tertiary/aromatic N) is 1. The molecule has 0 fully saturated rings. The predicted octanol–water partition coefficient (Wildman–Crippen LogP) is 0.874. The van der Waals surface area contributed by atoms with Crippen LogP contribution in [-0.4, -0.2) is 25.9 Å². The second kappa shape index (κ2) is 5.61. The van der Waals surface area contributed by atoms with Crippen LogP contribution in [-0.2, 0) is 10.0 Å². The van der Waals surface area contributed by atoms with Crippen LogP contribution in [0.4, 0.5) is 5.69 Å². The quantitative estimate of drug-likeness (QED) is 0.617. The zero-order valence-electron chi connectivity index (χ0n) is 9.46. The Balaban J connectivity index is 3.28. The zero-order chi connectivity index (χ0) is 13.9. The average molecular weight is 294 g/mol. The highest BCUT2D eigenvalue weighted by molar-refractivity contribution is 7.89. The minimum atomic E-state index is -3.99. The maximum atomic E-state index is 11.9. The van der Waals surface area contributed by atoms with E-state index in [4.69, 9.17) is 17.3 Å². The smallest absolute Gasteiger partial charge is 0.290 e. The fourth-order valence-corrected chi connectivity index (χ4v) is 2.81. The van der Waals surface area contributed by atoms with Crippen LogP contribution in [0.1, 0.15) is 6.92 Å². The van der Waals surface area contributed by atoms with Crippen molar-refractivity contribution in [2.24, 2.45) is 5.73 Å². The van der Waals surface area contributed by atoms with Crippen molar-refractivity contribution in [2.75, 3.05) is 6.54 Å². The number of sulfonamides is 1. The van der Waals surface area contributed by atoms with Gasteiger partial charge in [-0.15, -0.1) is 0 Å². The van der Waals surface area contributed by atoms with Gasteiger partial charge in [-0.2, -0.15) is 0 Å². The number of nitro groups is 1. The van der Waals surface area contributed by atoms with Crippen molar-refractivity contribution in [1.82, 2.24) is 4.72 Å². The highest BCUT2D eigenvalue weighted by Gasteiger charge is 2.26. The average Bonchev–Trinajstić information content (AvgIpc) is 2.27. The predicted molar refractivity (Wildman–Crippen MR) is 66.9 cm³/mol. The molecule has 100 valence electrons. The zero-order valence-corrected chi connectivity index (χ0v) is 11.0. The van der Waals surface area contributed by atoms with Crippen LogP contribution in [0.2, 0.25) is 5.02 Å². The largest absolute Gasteiger partial charge is 0.329 e. The first-order valence-electron chi connectivity index (χ1n) is 4.94. The summed E-state index contributed by atoms with van der Waals surface area (Å²) in [6, 6.07) is 2.83. The molecule has 1 atom stereocenters. The molecule has 0 bridgehead atoms. The molecule has 1 unspecified atom stereocenters. The number of halogens is 1. The summed E-state index contributed by atoms with van der Waals surface area (Å²) >= 11 is 5.60. The fraction of sp³-hybridized carbons (Fsp3) is 0.333. The SMILES string of the molecule is CC(CN)NS(=O)(=O)c1ccc(Cl)cc1[N+](=O)[O-].